The molecule has 0 unspecified atom stereocenters. The van der Waals surface area contributed by atoms with Gasteiger partial charge in [0.2, 0.25) is 5.91 Å². The van der Waals surface area contributed by atoms with Gasteiger partial charge in [-0.2, -0.15) is 5.10 Å². The highest BCUT2D eigenvalue weighted by molar-refractivity contribution is 7.71. The average Bonchev–Trinajstić information content (AvgIpc) is 3.08. The van der Waals surface area contributed by atoms with Crippen LogP contribution in [0.25, 0.3) is 11.4 Å². The van der Waals surface area contributed by atoms with Gasteiger partial charge in [-0.05, 0) is 61.6 Å². The third kappa shape index (κ3) is 5.23. The molecule has 0 spiro atoms. The van der Waals surface area contributed by atoms with Crippen molar-refractivity contribution in [2.24, 2.45) is 0 Å². The quantitative estimate of drug-likeness (QED) is 0.433. The number of H-pyrrole nitrogens is 1. The molecular formula is C20H22N6O3S. The summed E-state index contributed by atoms with van der Waals surface area (Å²) in [7, 11) is 1.59. The van der Waals surface area contributed by atoms with Crippen molar-refractivity contribution >= 4 is 35.5 Å². The van der Waals surface area contributed by atoms with Gasteiger partial charge in [-0.25, -0.2) is 4.79 Å². The molecule has 0 atom stereocenters. The number of carbonyl (C=O) groups excluding carboxylic acids is 2. The number of anilines is 2. The summed E-state index contributed by atoms with van der Waals surface area (Å²) in [6.07, 6.45) is 0. The molecular weight excluding hydrogens is 404 g/mol. The Morgan fingerprint density at radius 2 is 1.83 bits per heavy atom. The molecule has 0 saturated carbocycles. The number of methoxy groups -OCH3 is 1. The average molecular weight is 427 g/mol. The van der Waals surface area contributed by atoms with E-state index in [4.69, 9.17) is 17.0 Å². The van der Waals surface area contributed by atoms with Crippen LogP contribution in [0.1, 0.15) is 6.92 Å². The van der Waals surface area contributed by atoms with E-state index in [1.54, 1.807) is 35.9 Å². The van der Waals surface area contributed by atoms with Gasteiger partial charge in [0.25, 0.3) is 0 Å². The number of aromatic amines is 1. The second-order valence-electron chi connectivity index (χ2n) is 6.28. The Labute approximate surface area is 178 Å². The zero-order valence-corrected chi connectivity index (χ0v) is 17.4. The molecule has 0 aliphatic rings. The van der Waals surface area contributed by atoms with Crippen LogP contribution >= 0.6 is 12.2 Å². The maximum atomic E-state index is 12.6. The molecule has 2 aromatic carbocycles. The highest BCUT2D eigenvalue weighted by atomic mass is 32.1. The lowest BCUT2D eigenvalue weighted by atomic mass is 10.2. The van der Waals surface area contributed by atoms with Gasteiger partial charge >= 0.3 is 6.03 Å². The zero-order valence-electron chi connectivity index (χ0n) is 16.6. The second-order valence-corrected chi connectivity index (χ2v) is 6.67. The van der Waals surface area contributed by atoms with Crippen LogP contribution in [0.4, 0.5) is 16.2 Å². The number of ether oxygens (including phenoxy) is 1. The summed E-state index contributed by atoms with van der Waals surface area (Å²) in [5.74, 6) is 0.986. The Balaban J connectivity index is 1.72. The Kier molecular flexibility index (Phi) is 6.81. The first-order chi connectivity index (χ1) is 14.5. The fraction of sp³-hybridized carbons (Fsp3) is 0.200. The van der Waals surface area contributed by atoms with Crippen LogP contribution in [0.15, 0.2) is 48.5 Å². The lowest BCUT2D eigenvalue weighted by Gasteiger charge is -2.10. The smallest absolute Gasteiger partial charge is 0.319 e. The van der Waals surface area contributed by atoms with Crippen LogP contribution in [0.2, 0.25) is 0 Å². The first-order valence-corrected chi connectivity index (χ1v) is 9.65. The molecule has 10 heteroatoms. The molecule has 0 radical (unpaired) electrons. The Morgan fingerprint density at radius 3 is 2.50 bits per heavy atom. The van der Waals surface area contributed by atoms with Gasteiger partial charge in [0, 0.05) is 23.5 Å². The normalized spacial score (nSPS) is 10.3. The number of benzene rings is 2. The number of carbonyl (C=O) groups is 2. The SMILES string of the molecule is CCNC(=O)Nc1cccc(NC(=O)Cn2c(-c3ccc(OC)cc3)n[nH]c2=S)c1. The molecule has 4 N–H and O–H groups in total. The zero-order chi connectivity index (χ0) is 21.5. The summed E-state index contributed by atoms with van der Waals surface area (Å²) in [6, 6.07) is 13.9. The van der Waals surface area contributed by atoms with Crippen molar-refractivity contribution in [3.8, 4) is 17.1 Å². The minimum absolute atomic E-state index is 0.0231. The molecule has 0 saturated heterocycles. The minimum Gasteiger partial charge on any atom is -0.497 e. The van der Waals surface area contributed by atoms with E-state index in [-0.39, 0.29) is 18.5 Å². The number of rotatable bonds is 7. The number of amides is 3. The third-order valence-electron chi connectivity index (χ3n) is 4.15. The monoisotopic (exact) mass is 426 g/mol. The topological polar surface area (TPSA) is 113 Å². The van der Waals surface area contributed by atoms with Crippen LogP contribution in [0.5, 0.6) is 5.75 Å². The molecule has 9 nitrogen and oxygen atoms in total. The van der Waals surface area contributed by atoms with Crippen molar-refractivity contribution in [3.63, 3.8) is 0 Å². The molecule has 3 rings (SSSR count). The highest BCUT2D eigenvalue weighted by Crippen LogP contribution is 2.21. The summed E-state index contributed by atoms with van der Waals surface area (Å²) < 4.78 is 7.12. The standard InChI is InChI=1S/C20H22N6O3S/c1-3-21-19(28)23-15-6-4-5-14(11-15)22-17(27)12-26-18(24-25-20(26)30)13-7-9-16(29-2)10-8-13/h4-11H,3,12H2,1-2H3,(H,22,27)(H,25,30)(H2,21,23,28). The van der Waals surface area contributed by atoms with Crippen LogP contribution in [-0.2, 0) is 11.3 Å². The summed E-state index contributed by atoms with van der Waals surface area (Å²) in [5.41, 5.74) is 1.91. The molecule has 1 heterocycles. The molecule has 0 aliphatic carbocycles. The molecule has 156 valence electrons. The first kappa shape index (κ1) is 21.1. The number of aromatic nitrogens is 3. The van der Waals surface area contributed by atoms with Gasteiger partial charge < -0.3 is 20.7 Å². The molecule has 1 aromatic heterocycles. The van der Waals surface area contributed by atoms with Gasteiger partial charge in [0.05, 0.1) is 7.11 Å². The molecule has 0 bridgehead atoms. The van der Waals surface area contributed by atoms with Crippen LogP contribution in [-0.4, -0.2) is 40.4 Å². The summed E-state index contributed by atoms with van der Waals surface area (Å²) in [4.78, 5) is 24.3. The number of urea groups is 1. The van der Waals surface area contributed by atoms with E-state index in [0.717, 1.165) is 11.3 Å². The number of hydrogen-bond acceptors (Lipinski definition) is 5. The van der Waals surface area contributed by atoms with Crippen molar-refractivity contribution < 1.29 is 14.3 Å². The van der Waals surface area contributed by atoms with E-state index in [0.29, 0.717) is 28.5 Å². The van der Waals surface area contributed by atoms with Gasteiger partial charge in [0.15, 0.2) is 10.6 Å². The maximum Gasteiger partial charge on any atom is 0.319 e. The first-order valence-electron chi connectivity index (χ1n) is 9.24. The maximum absolute atomic E-state index is 12.6. The largest absolute Gasteiger partial charge is 0.497 e. The van der Waals surface area contributed by atoms with Crippen LogP contribution < -0.4 is 20.7 Å². The number of nitrogens with zero attached hydrogens (tertiary/aromatic N) is 2. The van der Waals surface area contributed by atoms with Gasteiger partial charge in [-0.1, -0.05) is 6.07 Å². The van der Waals surface area contributed by atoms with Crippen molar-refractivity contribution in [3.05, 3.63) is 53.3 Å². The summed E-state index contributed by atoms with van der Waals surface area (Å²) in [5, 5.41) is 15.1. The number of hydrogen-bond donors (Lipinski definition) is 4. The van der Waals surface area contributed by atoms with E-state index >= 15 is 0 Å². The molecule has 0 aliphatic heterocycles. The number of nitrogens with one attached hydrogen (secondary N) is 4. The van der Waals surface area contributed by atoms with Gasteiger partial charge in [-0.3, -0.25) is 14.5 Å². The van der Waals surface area contributed by atoms with Crippen molar-refractivity contribution in [1.82, 2.24) is 20.1 Å². The van der Waals surface area contributed by atoms with Crippen molar-refractivity contribution in [2.75, 3.05) is 24.3 Å². The highest BCUT2D eigenvalue weighted by Gasteiger charge is 2.13. The van der Waals surface area contributed by atoms with Crippen molar-refractivity contribution in [2.45, 2.75) is 13.5 Å². The molecule has 3 amide bonds. The summed E-state index contributed by atoms with van der Waals surface area (Å²) in [6.45, 7) is 2.33. The fourth-order valence-corrected chi connectivity index (χ4v) is 2.98. The lowest BCUT2D eigenvalue weighted by molar-refractivity contribution is -0.116. The van der Waals surface area contributed by atoms with E-state index in [2.05, 4.69) is 26.1 Å². The molecule has 0 fully saturated rings. The van der Waals surface area contributed by atoms with Gasteiger partial charge in [-0.15, -0.1) is 0 Å². The summed E-state index contributed by atoms with van der Waals surface area (Å²) >= 11 is 5.28. The fourth-order valence-electron chi connectivity index (χ4n) is 2.78. The predicted octanol–water partition coefficient (Wildman–Crippen LogP) is 3.40. The van der Waals surface area contributed by atoms with E-state index in [1.165, 1.54) is 0 Å². The third-order valence-corrected chi connectivity index (χ3v) is 4.46. The van der Waals surface area contributed by atoms with E-state index in [9.17, 15) is 9.59 Å². The molecule has 30 heavy (non-hydrogen) atoms. The van der Waals surface area contributed by atoms with E-state index < -0.39 is 0 Å². The van der Waals surface area contributed by atoms with Crippen LogP contribution in [0, 0.1) is 4.77 Å². The van der Waals surface area contributed by atoms with Crippen LogP contribution in [0.3, 0.4) is 0 Å². The minimum atomic E-state index is -0.310. The Hall–Kier alpha value is -3.66. The van der Waals surface area contributed by atoms with Crippen molar-refractivity contribution in [1.29, 1.82) is 0 Å². The predicted molar refractivity (Wildman–Crippen MR) is 117 cm³/mol. The second kappa shape index (κ2) is 9.70. The van der Waals surface area contributed by atoms with E-state index in [1.807, 2.05) is 31.2 Å². The molecule has 3 aromatic rings. The Morgan fingerprint density at radius 1 is 1.13 bits per heavy atom. The lowest BCUT2D eigenvalue weighted by Crippen LogP contribution is -2.28. The Bertz CT molecular complexity index is 1090. The van der Waals surface area contributed by atoms with Gasteiger partial charge in [0.1, 0.15) is 12.3 Å².